The molecule has 1 unspecified atom stereocenters. The van der Waals surface area contributed by atoms with Crippen molar-refractivity contribution in [2.45, 2.75) is 46.2 Å². The zero-order valence-corrected chi connectivity index (χ0v) is 19.3. The molecule has 11 heteroatoms. The van der Waals surface area contributed by atoms with Crippen LogP contribution in [-0.4, -0.2) is 70.5 Å². The van der Waals surface area contributed by atoms with Gasteiger partial charge in [-0.1, -0.05) is 19.9 Å². The van der Waals surface area contributed by atoms with Gasteiger partial charge < -0.3 is 30.5 Å². The van der Waals surface area contributed by atoms with E-state index in [0.29, 0.717) is 13.1 Å². The molecule has 3 amide bonds. The second-order valence-corrected chi connectivity index (χ2v) is 7.29. The van der Waals surface area contributed by atoms with Gasteiger partial charge in [-0.05, 0) is 38.1 Å². The normalized spacial score (nSPS) is 11.9. The van der Waals surface area contributed by atoms with E-state index in [1.165, 1.54) is 35.9 Å². The molecule has 1 aromatic heterocycles. The lowest BCUT2D eigenvalue weighted by Crippen LogP contribution is -2.44. The first-order valence-electron chi connectivity index (χ1n) is 10.8. The van der Waals surface area contributed by atoms with Crippen molar-refractivity contribution in [3.8, 4) is 0 Å². The maximum atomic E-state index is 12.7. The van der Waals surface area contributed by atoms with E-state index in [2.05, 4.69) is 20.9 Å². The molecule has 0 aliphatic heterocycles. The van der Waals surface area contributed by atoms with Crippen molar-refractivity contribution in [3.63, 3.8) is 0 Å². The van der Waals surface area contributed by atoms with Crippen molar-refractivity contribution in [3.05, 3.63) is 40.8 Å². The summed E-state index contributed by atoms with van der Waals surface area (Å²) in [5, 5.41) is 16.4. The van der Waals surface area contributed by atoms with Crippen LogP contribution in [0.3, 0.4) is 0 Å². The van der Waals surface area contributed by atoms with Crippen molar-refractivity contribution in [1.29, 1.82) is 0 Å². The van der Waals surface area contributed by atoms with Crippen LogP contribution in [0.5, 0.6) is 0 Å². The summed E-state index contributed by atoms with van der Waals surface area (Å²) < 4.78 is 1.19. The molecule has 4 N–H and O–H groups in total. The smallest absolute Gasteiger partial charge is 0.327 e. The highest BCUT2D eigenvalue weighted by Gasteiger charge is 2.20. The predicted molar refractivity (Wildman–Crippen MR) is 124 cm³/mol. The molecular weight excluding hydrogens is 430 g/mol. The van der Waals surface area contributed by atoms with E-state index in [-0.39, 0.29) is 31.0 Å². The van der Waals surface area contributed by atoms with Gasteiger partial charge >= 0.3 is 5.97 Å². The van der Waals surface area contributed by atoms with E-state index < -0.39 is 29.4 Å². The van der Waals surface area contributed by atoms with E-state index >= 15 is 0 Å². The standard InChI is InChI=1S/C22H33N5O6/c1-4-26(5-2)14-12-23-19(29)15-27-13-8-10-18(22(27)33)25-21(32)17(24-16(3)28)9-6-7-11-20(30)31/h7-8,10-11,13,17H,4-6,9,12,14-15H2,1-3H3,(H,23,29)(H,24,28)(H,25,32)(H,30,31)/b11-7+. The number of aliphatic carboxylic acids is 1. The van der Waals surface area contributed by atoms with Gasteiger partial charge in [0.25, 0.3) is 5.56 Å². The topological polar surface area (TPSA) is 150 Å². The average Bonchev–Trinajstić information content (AvgIpc) is 2.75. The predicted octanol–water partition coefficient (Wildman–Crippen LogP) is 0.171. The van der Waals surface area contributed by atoms with Crippen LogP contribution in [0.2, 0.25) is 0 Å². The van der Waals surface area contributed by atoms with Crippen molar-refractivity contribution < 1.29 is 24.3 Å². The largest absolute Gasteiger partial charge is 0.478 e. The minimum atomic E-state index is -1.11. The van der Waals surface area contributed by atoms with Crippen molar-refractivity contribution in [2.24, 2.45) is 0 Å². The summed E-state index contributed by atoms with van der Waals surface area (Å²) in [6.07, 6.45) is 4.15. The molecule has 0 aliphatic carbocycles. The third-order valence-corrected chi connectivity index (χ3v) is 4.81. The number of nitrogens with zero attached hydrogens (tertiary/aromatic N) is 2. The summed E-state index contributed by atoms with van der Waals surface area (Å²) in [6, 6.07) is 1.98. The number of carbonyl (C=O) groups is 4. The third kappa shape index (κ3) is 10.6. The Kier molecular flexibility index (Phi) is 12.2. The number of carbonyl (C=O) groups excluding carboxylic acids is 3. The highest BCUT2D eigenvalue weighted by atomic mass is 16.4. The molecule has 0 saturated carbocycles. The lowest BCUT2D eigenvalue weighted by Gasteiger charge is -2.18. The van der Waals surface area contributed by atoms with Crippen LogP contribution in [0.4, 0.5) is 5.69 Å². The molecule has 11 nitrogen and oxygen atoms in total. The number of carboxylic acids is 1. The maximum absolute atomic E-state index is 12.7. The van der Waals surface area contributed by atoms with Crippen LogP contribution in [0.25, 0.3) is 0 Å². The summed E-state index contributed by atoms with van der Waals surface area (Å²) in [7, 11) is 0. The van der Waals surface area contributed by atoms with Gasteiger partial charge in [0.05, 0.1) is 0 Å². The third-order valence-electron chi connectivity index (χ3n) is 4.81. The Morgan fingerprint density at radius 2 is 1.91 bits per heavy atom. The summed E-state index contributed by atoms with van der Waals surface area (Å²) in [4.78, 5) is 61.7. The van der Waals surface area contributed by atoms with E-state index in [4.69, 9.17) is 5.11 Å². The molecule has 1 heterocycles. The Labute approximate surface area is 192 Å². The number of anilines is 1. The molecule has 33 heavy (non-hydrogen) atoms. The Bertz CT molecular complexity index is 907. The second-order valence-electron chi connectivity index (χ2n) is 7.29. The van der Waals surface area contributed by atoms with E-state index in [0.717, 1.165) is 19.2 Å². The van der Waals surface area contributed by atoms with Crippen molar-refractivity contribution in [2.75, 3.05) is 31.5 Å². The monoisotopic (exact) mass is 463 g/mol. The zero-order valence-electron chi connectivity index (χ0n) is 19.3. The lowest BCUT2D eigenvalue weighted by atomic mass is 10.1. The van der Waals surface area contributed by atoms with Gasteiger partial charge in [0.1, 0.15) is 18.3 Å². The molecule has 0 radical (unpaired) electrons. The molecular formula is C22H33N5O6. The minimum Gasteiger partial charge on any atom is -0.478 e. The number of hydrogen-bond acceptors (Lipinski definition) is 6. The number of carboxylic acid groups (broad SMARTS) is 1. The van der Waals surface area contributed by atoms with E-state index in [9.17, 15) is 24.0 Å². The van der Waals surface area contributed by atoms with Gasteiger partial charge in [-0.25, -0.2) is 4.79 Å². The summed E-state index contributed by atoms with van der Waals surface area (Å²) >= 11 is 0. The Hall–Kier alpha value is -3.47. The van der Waals surface area contributed by atoms with Crippen LogP contribution in [0.15, 0.2) is 35.3 Å². The summed E-state index contributed by atoms with van der Waals surface area (Å²) in [6.45, 7) is 8.04. The minimum absolute atomic E-state index is 0.0325. The fourth-order valence-electron chi connectivity index (χ4n) is 3.04. The van der Waals surface area contributed by atoms with Gasteiger partial charge in [0.2, 0.25) is 17.7 Å². The van der Waals surface area contributed by atoms with Crippen LogP contribution >= 0.6 is 0 Å². The fraction of sp³-hybridized carbons (Fsp3) is 0.500. The number of nitrogens with one attached hydrogen (secondary N) is 3. The number of pyridine rings is 1. The lowest BCUT2D eigenvalue weighted by molar-refractivity contribution is -0.131. The van der Waals surface area contributed by atoms with Crippen LogP contribution in [0, 0.1) is 0 Å². The molecule has 1 aromatic rings. The van der Waals surface area contributed by atoms with E-state index in [1.54, 1.807) is 0 Å². The van der Waals surface area contributed by atoms with Gasteiger partial charge in [-0.2, -0.15) is 0 Å². The van der Waals surface area contributed by atoms with Gasteiger partial charge in [-0.3, -0.25) is 19.2 Å². The number of hydrogen-bond donors (Lipinski definition) is 4. The molecule has 0 saturated heterocycles. The van der Waals surface area contributed by atoms with Crippen LogP contribution in [-0.2, 0) is 25.7 Å². The fourth-order valence-corrected chi connectivity index (χ4v) is 3.04. The average molecular weight is 464 g/mol. The number of amides is 3. The Morgan fingerprint density at radius 3 is 2.52 bits per heavy atom. The molecule has 0 aliphatic rings. The first-order valence-corrected chi connectivity index (χ1v) is 10.8. The molecule has 0 aromatic carbocycles. The Balaban J connectivity index is 2.78. The maximum Gasteiger partial charge on any atom is 0.327 e. The number of likely N-dealkylation sites (N-methyl/N-ethyl adjacent to an activating group) is 1. The van der Waals surface area contributed by atoms with Gasteiger partial charge in [-0.15, -0.1) is 0 Å². The van der Waals surface area contributed by atoms with Crippen LogP contribution < -0.4 is 21.5 Å². The molecule has 182 valence electrons. The zero-order chi connectivity index (χ0) is 24.8. The first kappa shape index (κ1) is 27.6. The second kappa shape index (κ2) is 14.6. The van der Waals surface area contributed by atoms with Crippen LogP contribution in [0.1, 0.15) is 33.6 Å². The highest BCUT2D eigenvalue weighted by Crippen LogP contribution is 2.05. The Morgan fingerprint density at radius 1 is 1.21 bits per heavy atom. The molecule has 1 atom stereocenters. The summed E-state index contributed by atoms with van der Waals surface area (Å²) in [5.41, 5.74) is -0.591. The first-order chi connectivity index (χ1) is 15.7. The number of allylic oxidation sites excluding steroid dienone is 1. The van der Waals surface area contributed by atoms with Crippen molar-refractivity contribution >= 4 is 29.4 Å². The number of rotatable bonds is 14. The quantitative estimate of drug-likeness (QED) is 0.287. The summed E-state index contributed by atoms with van der Waals surface area (Å²) in [5.74, 6) is -2.50. The number of aromatic nitrogens is 1. The SMILES string of the molecule is CCN(CC)CCNC(=O)Cn1cccc(NC(=O)C(CC/C=C/C(=O)O)NC(C)=O)c1=O. The van der Waals surface area contributed by atoms with Gasteiger partial charge in [0, 0.05) is 32.3 Å². The van der Waals surface area contributed by atoms with E-state index in [1.807, 2.05) is 13.8 Å². The van der Waals surface area contributed by atoms with Gasteiger partial charge in [0.15, 0.2) is 0 Å². The van der Waals surface area contributed by atoms with Crippen molar-refractivity contribution in [1.82, 2.24) is 20.1 Å². The highest BCUT2D eigenvalue weighted by molar-refractivity contribution is 5.96. The molecule has 1 rings (SSSR count). The molecule has 0 fully saturated rings. The molecule has 0 bridgehead atoms. The molecule has 0 spiro atoms.